The summed E-state index contributed by atoms with van der Waals surface area (Å²) in [6.45, 7) is 5.45. The standard InChI is InChI=1S/C15H29N3O2/c1-2-18-10-6-3-7-13(18)11-16-14(19)17-12-15(20)8-4-5-9-15/h13,20H,2-12H2,1H3,(H2,16,17,19). The van der Waals surface area contributed by atoms with Crippen molar-refractivity contribution in [2.45, 2.75) is 63.5 Å². The number of rotatable bonds is 5. The molecule has 0 radical (unpaired) electrons. The fourth-order valence-corrected chi connectivity index (χ4v) is 3.44. The summed E-state index contributed by atoms with van der Waals surface area (Å²) in [4.78, 5) is 14.3. The van der Waals surface area contributed by atoms with Crippen LogP contribution in [0, 0.1) is 0 Å². The van der Waals surface area contributed by atoms with E-state index in [0.717, 1.165) is 45.2 Å². The van der Waals surface area contributed by atoms with Crippen LogP contribution >= 0.6 is 0 Å². The van der Waals surface area contributed by atoms with Crippen LogP contribution in [-0.4, -0.2) is 53.9 Å². The zero-order chi connectivity index (χ0) is 14.4. The first-order chi connectivity index (χ1) is 9.63. The number of likely N-dealkylation sites (N-methyl/N-ethyl adjacent to an activating group) is 1. The minimum Gasteiger partial charge on any atom is -0.388 e. The molecule has 1 saturated carbocycles. The summed E-state index contributed by atoms with van der Waals surface area (Å²) < 4.78 is 0. The van der Waals surface area contributed by atoms with E-state index < -0.39 is 5.60 Å². The van der Waals surface area contributed by atoms with Gasteiger partial charge in [0, 0.05) is 19.1 Å². The number of piperidine rings is 1. The van der Waals surface area contributed by atoms with E-state index in [1.807, 2.05) is 0 Å². The number of urea groups is 1. The summed E-state index contributed by atoms with van der Waals surface area (Å²) in [5.41, 5.74) is -0.669. The fourth-order valence-electron chi connectivity index (χ4n) is 3.44. The minimum absolute atomic E-state index is 0.146. The first kappa shape index (κ1) is 15.6. The van der Waals surface area contributed by atoms with E-state index in [1.54, 1.807) is 0 Å². The van der Waals surface area contributed by atoms with Crippen LogP contribution < -0.4 is 10.6 Å². The Morgan fingerprint density at radius 1 is 1.25 bits per heavy atom. The van der Waals surface area contributed by atoms with Crippen molar-refractivity contribution < 1.29 is 9.90 Å². The van der Waals surface area contributed by atoms with Crippen LogP contribution in [0.2, 0.25) is 0 Å². The normalized spacial score (nSPS) is 26.4. The van der Waals surface area contributed by atoms with Crippen molar-refractivity contribution in [2.75, 3.05) is 26.2 Å². The number of amides is 2. The van der Waals surface area contributed by atoms with Crippen LogP contribution in [0.1, 0.15) is 51.9 Å². The molecule has 1 heterocycles. The van der Waals surface area contributed by atoms with Crippen LogP contribution in [0.4, 0.5) is 4.79 Å². The van der Waals surface area contributed by atoms with Crippen molar-refractivity contribution in [3.63, 3.8) is 0 Å². The Labute approximate surface area is 122 Å². The number of nitrogens with one attached hydrogen (secondary N) is 2. The molecule has 1 atom stereocenters. The van der Waals surface area contributed by atoms with Crippen LogP contribution in [-0.2, 0) is 0 Å². The molecule has 2 rings (SSSR count). The van der Waals surface area contributed by atoms with Crippen molar-refractivity contribution in [1.82, 2.24) is 15.5 Å². The molecule has 1 saturated heterocycles. The second kappa shape index (κ2) is 7.27. The highest BCUT2D eigenvalue weighted by Crippen LogP contribution is 2.28. The van der Waals surface area contributed by atoms with Crippen LogP contribution in [0.3, 0.4) is 0 Å². The number of carbonyl (C=O) groups is 1. The lowest BCUT2D eigenvalue weighted by Crippen LogP contribution is -2.50. The highest BCUT2D eigenvalue weighted by Gasteiger charge is 2.31. The topological polar surface area (TPSA) is 64.6 Å². The highest BCUT2D eigenvalue weighted by molar-refractivity contribution is 5.73. The van der Waals surface area contributed by atoms with E-state index >= 15 is 0 Å². The average molecular weight is 283 g/mol. The van der Waals surface area contributed by atoms with Gasteiger partial charge in [-0.2, -0.15) is 0 Å². The Kier molecular flexibility index (Phi) is 5.66. The van der Waals surface area contributed by atoms with E-state index in [0.29, 0.717) is 19.1 Å². The first-order valence-corrected chi connectivity index (χ1v) is 8.11. The van der Waals surface area contributed by atoms with E-state index in [4.69, 9.17) is 0 Å². The number of likely N-dealkylation sites (tertiary alicyclic amines) is 1. The van der Waals surface area contributed by atoms with Crippen LogP contribution in [0.25, 0.3) is 0 Å². The average Bonchev–Trinajstić information content (AvgIpc) is 2.90. The van der Waals surface area contributed by atoms with Gasteiger partial charge in [0.1, 0.15) is 0 Å². The lowest BCUT2D eigenvalue weighted by molar-refractivity contribution is 0.0500. The molecule has 116 valence electrons. The largest absolute Gasteiger partial charge is 0.388 e. The molecule has 0 spiro atoms. The third-order valence-corrected chi connectivity index (χ3v) is 4.77. The first-order valence-electron chi connectivity index (χ1n) is 8.11. The van der Waals surface area contributed by atoms with E-state index in [-0.39, 0.29) is 6.03 Å². The summed E-state index contributed by atoms with van der Waals surface area (Å²) in [5.74, 6) is 0. The lowest BCUT2D eigenvalue weighted by Gasteiger charge is -2.35. The quantitative estimate of drug-likeness (QED) is 0.716. The van der Waals surface area contributed by atoms with Crippen molar-refractivity contribution in [1.29, 1.82) is 0 Å². The second-order valence-corrected chi connectivity index (χ2v) is 6.27. The number of aliphatic hydroxyl groups is 1. The van der Waals surface area contributed by atoms with Crippen molar-refractivity contribution >= 4 is 6.03 Å². The smallest absolute Gasteiger partial charge is 0.314 e. The molecule has 0 aromatic carbocycles. The molecule has 20 heavy (non-hydrogen) atoms. The van der Waals surface area contributed by atoms with Gasteiger partial charge in [0.25, 0.3) is 0 Å². The fraction of sp³-hybridized carbons (Fsp3) is 0.933. The van der Waals surface area contributed by atoms with E-state index in [9.17, 15) is 9.90 Å². The summed E-state index contributed by atoms with van der Waals surface area (Å²) in [6.07, 6.45) is 7.42. The summed E-state index contributed by atoms with van der Waals surface area (Å²) >= 11 is 0. The number of carbonyl (C=O) groups excluding carboxylic acids is 1. The molecule has 1 unspecified atom stereocenters. The molecular weight excluding hydrogens is 254 g/mol. The molecule has 1 aliphatic heterocycles. The van der Waals surface area contributed by atoms with Gasteiger partial charge in [-0.15, -0.1) is 0 Å². The molecule has 1 aliphatic carbocycles. The van der Waals surface area contributed by atoms with Gasteiger partial charge in [-0.05, 0) is 38.8 Å². The number of hydrogen-bond donors (Lipinski definition) is 3. The maximum atomic E-state index is 11.8. The molecule has 5 nitrogen and oxygen atoms in total. The summed E-state index contributed by atoms with van der Waals surface area (Å²) in [7, 11) is 0. The van der Waals surface area contributed by atoms with Gasteiger partial charge in [0.2, 0.25) is 0 Å². The summed E-state index contributed by atoms with van der Waals surface area (Å²) in [6, 6.07) is 0.320. The third kappa shape index (κ3) is 4.35. The molecule has 2 amide bonds. The maximum absolute atomic E-state index is 11.8. The molecule has 5 heteroatoms. The molecule has 2 aliphatic rings. The van der Waals surface area contributed by atoms with Crippen LogP contribution in [0.5, 0.6) is 0 Å². The van der Waals surface area contributed by atoms with Crippen molar-refractivity contribution in [3.8, 4) is 0 Å². The van der Waals surface area contributed by atoms with Gasteiger partial charge < -0.3 is 15.7 Å². The second-order valence-electron chi connectivity index (χ2n) is 6.27. The minimum atomic E-state index is -0.669. The molecule has 0 aromatic rings. The van der Waals surface area contributed by atoms with E-state index in [1.165, 1.54) is 12.8 Å². The zero-order valence-electron chi connectivity index (χ0n) is 12.7. The SMILES string of the molecule is CCN1CCCCC1CNC(=O)NCC1(O)CCCC1. The number of hydrogen-bond acceptors (Lipinski definition) is 3. The van der Waals surface area contributed by atoms with Gasteiger partial charge in [-0.25, -0.2) is 4.79 Å². The predicted molar refractivity (Wildman–Crippen MR) is 79.7 cm³/mol. The van der Waals surface area contributed by atoms with Crippen molar-refractivity contribution in [2.24, 2.45) is 0 Å². The molecular formula is C15H29N3O2. The Hall–Kier alpha value is -0.810. The highest BCUT2D eigenvalue weighted by atomic mass is 16.3. The lowest BCUT2D eigenvalue weighted by atomic mass is 10.0. The Morgan fingerprint density at radius 2 is 2.00 bits per heavy atom. The predicted octanol–water partition coefficient (Wildman–Crippen LogP) is 1.47. The Morgan fingerprint density at radius 3 is 2.70 bits per heavy atom. The molecule has 3 N–H and O–H groups in total. The molecule has 0 bridgehead atoms. The van der Waals surface area contributed by atoms with Crippen LogP contribution in [0.15, 0.2) is 0 Å². The Balaban J connectivity index is 1.66. The van der Waals surface area contributed by atoms with Crippen molar-refractivity contribution in [3.05, 3.63) is 0 Å². The molecule has 0 aromatic heterocycles. The van der Waals surface area contributed by atoms with Gasteiger partial charge in [0.05, 0.1) is 5.60 Å². The third-order valence-electron chi connectivity index (χ3n) is 4.77. The van der Waals surface area contributed by atoms with Gasteiger partial charge >= 0.3 is 6.03 Å². The summed E-state index contributed by atoms with van der Waals surface area (Å²) in [5, 5.41) is 16.0. The molecule has 2 fully saturated rings. The zero-order valence-corrected chi connectivity index (χ0v) is 12.7. The monoisotopic (exact) mass is 283 g/mol. The van der Waals surface area contributed by atoms with E-state index in [2.05, 4.69) is 22.5 Å². The van der Waals surface area contributed by atoms with Gasteiger partial charge in [-0.1, -0.05) is 26.2 Å². The maximum Gasteiger partial charge on any atom is 0.314 e. The van der Waals surface area contributed by atoms with Gasteiger partial charge in [0.15, 0.2) is 0 Å². The van der Waals surface area contributed by atoms with Gasteiger partial charge in [-0.3, -0.25) is 4.90 Å². The number of nitrogens with zero attached hydrogens (tertiary/aromatic N) is 1. The Bertz CT molecular complexity index is 316.